The maximum Gasteiger partial charge on any atom is 0.340 e. The minimum atomic E-state index is -1.69. The number of methoxy groups -OCH3 is 2. The average molecular weight is 194 g/mol. The van der Waals surface area contributed by atoms with Crippen molar-refractivity contribution in [2.45, 2.75) is 25.8 Å². The minimum absolute atomic E-state index is 0.147. The molecule has 0 spiro atoms. The molecule has 0 N–H and O–H groups in total. The Morgan fingerprint density at radius 2 is 1.92 bits per heavy atom. The maximum atomic E-state index is 13.0. The molecule has 0 aliphatic rings. The van der Waals surface area contributed by atoms with Gasteiger partial charge in [-0.25, -0.2) is 9.18 Å². The Bertz CT molecular complexity index is 147. The summed E-state index contributed by atoms with van der Waals surface area (Å²) in [6.07, 6.45) is -2.55. The summed E-state index contributed by atoms with van der Waals surface area (Å²) in [4.78, 5) is 10.8. The number of hydrogen-bond acceptors (Lipinski definition) is 4. The summed E-state index contributed by atoms with van der Waals surface area (Å²) in [6, 6.07) is 0. The molecule has 0 aromatic rings. The van der Waals surface area contributed by atoms with Gasteiger partial charge in [0.25, 0.3) is 0 Å². The van der Waals surface area contributed by atoms with E-state index >= 15 is 0 Å². The van der Waals surface area contributed by atoms with E-state index in [-0.39, 0.29) is 13.0 Å². The molecule has 5 heteroatoms. The molecule has 0 aromatic heterocycles. The van der Waals surface area contributed by atoms with E-state index < -0.39 is 18.4 Å². The van der Waals surface area contributed by atoms with Crippen molar-refractivity contribution < 1.29 is 23.4 Å². The highest BCUT2D eigenvalue weighted by Gasteiger charge is 2.23. The fourth-order valence-corrected chi connectivity index (χ4v) is 0.787. The number of carbonyl (C=O) groups is 1. The highest BCUT2D eigenvalue weighted by molar-refractivity contribution is 5.74. The first kappa shape index (κ1) is 12.3. The molecule has 0 saturated carbocycles. The SMILES string of the molecule is CCOC(=O)C(F)CC(OC)OC. The number of hydrogen-bond donors (Lipinski definition) is 0. The fraction of sp³-hybridized carbons (Fsp3) is 0.875. The second-order valence-corrected chi connectivity index (χ2v) is 2.36. The van der Waals surface area contributed by atoms with Crippen LogP contribution in [0.4, 0.5) is 4.39 Å². The average Bonchev–Trinajstić information content (AvgIpc) is 2.14. The second-order valence-electron chi connectivity index (χ2n) is 2.36. The highest BCUT2D eigenvalue weighted by Crippen LogP contribution is 2.07. The van der Waals surface area contributed by atoms with Gasteiger partial charge in [-0.1, -0.05) is 0 Å². The molecule has 0 amide bonds. The summed E-state index contributed by atoms with van der Waals surface area (Å²) in [7, 11) is 2.76. The molecule has 0 heterocycles. The van der Waals surface area contributed by atoms with E-state index in [1.165, 1.54) is 14.2 Å². The van der Waals surface area contributed by atoms with Crippen molar-refractivity contribution in [3.05, 3.63) is 0 Å². The predicted octanol–water partition coefficient (Wildman–Crippen LogP) is 0.897. The summed E-state index contributed by atoms with van der Waals surface area (Å²) in [5.41, 5.74) is 0. The predicted molar refractivity (Wildman–Crippen MR) is 44.0 cm³/mol. The van der Waals surface area contributed by atoms with Crippen LogP contribution in [0.2, 0.25) is 0 Å². The van der Waals surface area contributed by atoms with Gasteiger partial charge in [-0.3, -0.25) is 0 Å². The van der Waals surface area contributed by atoms with Gasteiger partial charge >= 0.3 is 5.97 Å². The molecule has 78 valence electrons. The Hall–Kier alpha value is -0.680. The summed E-state index contributed by atoms with van der Waals surface area (Å²) in [6.45, 7) is 1.79. The van der Waals surface area contributed by atoms with Gasteiger partial charge in [0.15, 0.2) is 6.29 Å². The van der Waals surface area contributed by atoms with Gasteiger partial charge in [0, 0.05) is 20.6 Å². The van der Waals surface area contributed by atoms with Crippen LogP contribution in [-0.4, -0.2) is 39.3 Å². The smallest absolute Gasteiger partial charge is 0.340 e. The molecule has 0 rings (SSSR count). The minimum Gasteiger partial charge on any atom is -0.464 e. The number of esters is 1. The third kappa shape index (κ3) is 4.80. The zero-order chi connectivity index (χ0) is 10.3. The quantitative estimate of drug-likeness (QED) is 0.465. The van der Waals surface area contributed by atoms with Crippen molar-refractivity contribution in [3.63, 3.8) is 0 Å². The third-order valence-electron chi connectivity index (χ3n) is 1.47. The molecular formula is C8H15FO4. The molecule has 0 aliphatic heterocycles. The zero-order valence-corrected chi connectivity index (χ0v) is 8.08. The largest absolute Gasteiger partial charge is 0.464 e. The number of halogens is 1. The van der Waals surface area contributed by atoms with Gasteiger partial charge in [-0.15, -0.1) is 0 Å². The molecule has 0 saturated heterocycles. The van der Waals surface area contributed by atoms with E-state index in [0.717, 1.165) is 0 Å². The van der Waals surface area contributed by atoms with Crippen LogP contribution in [0.25, 0.3) is 0 Å². The fourth-order valence-electron chi connectivity index (χ4n) is 0.787. The second kappa shape index (κ2) is 6.80. The number of rotatable bonds is 6. The van der Waals surface area contributed by atoms with E-state index in [1.807, 2.05) is 0 Å². The molecule has 0 bridgehead atoms. The van der Waals surface area contributed by atoms with E-state index in [4.69, 9.17) is 9.47 Å². The van der Waals surface area contributed by atoms with Crippen molar-refractivity contribution in [1.29, 1.82) is 0 Å². The van der Waals surface area contributed by atoms with Crippen LogP contribution in [0.3, 0.4) is 0 Å². The maximum absolute atomic E-state index is 13.0. The lowest BCUT2D eigenvalue weighted by molar-refractivity contribution is -0.157. The molecule has 1 atom stereocenters. The number of alkyl halides is 1. The van der Waals surface area contributed by atoms with Crippen LogP contribution in [-0.2, 0) is 19.0 Å². The highest BCUT2D eigenvalue weighted by atomic mass is 19.1. The Kier molecular flexibility index (Phi) is 6.44. The summed E-state index contributed by atoms with van der Waals surface area (Å²) < 4.78 is 26.9. The topological polar surface area (TPSA) is 44.8 Å². The first-order chi connectivity index (χ1) is 6.15. The standard InChI is InChI=1S/C8H15FO4/c1-4-13-8(10)6(9)5-7(11-2)12-3/h6-7H,4-5H2,1-3H3. The monoisotopic (exact) mass is 194 g/mol. The number of ether oxygens (including phenoxy) is 3. The normalized spacial score (nSPS) is 13.0. The van der Waals surface area contributed by atoms with Crippen LogP contribution in [0.1, 0.15) is 13.3 Å². The Morgan fingerprint density at radius 3 is 2.31 bits per heavy atom. The van der Waals surface area contributed by atoms with Crippen LogP contribution in [0.5, 0.6) is 0 Å². The van der Waals surface area contributed by atoms with E-state index in [0.29, 0.717) is 0 Å². The Labute approximate surface area is 77.0 Å². The van der Waals surface area contributed by atoms with Gasteiger partial charge in [0.2, 0.25) is 6.17 Å². The molecule has 0 aliphatic carbocycles. The molecule has 0 radical (unpaired) electrons. The first-order valence-electron chi connectivity index (χ1n) is 4.02. The lowest BCUT2D eigenvalue weighted by Gasteiger charge is -2.14. The molecule has 0 aromatic carbocycles. The third-order valence-corrected chi connectivity index (χ3v) is 1.47. The number of carbonyl (C=O) groups excluding carboxylic acids is 1. The van der Waals surface area contributed by atoms with Gasteiger partial charge in [-0.2, -0.15) is 0 Å². The van der Waals surface area contributed by atoms with Crippen molar-refractivity contribution in [3.8, 4) is 0 Å². The van der Waals surface area contributed by atoms with Gasteiger partial charge in [0.05, 0.1) is 6.61 Å². The van der Waals surface area contributed by atoms with Gasteiger partial charge in [-0.05, 0) is 6.92 Å². The van der Waals surface area contributed by atoms with Crippen molar-refractivity contribution >= 4 is 5.97 Å². The van der Waals surface area contributed by atoms with Crippen LogP contribution in [0, 0.1) is 0 Å². The molecule has 4 nitrogen and oxygen atoms in total. The van der Waals surface area contributed by atoms with Crippen LogP contribution >= 0.6 is 0 Å². The van der Waals surface area contributed by atoms with Crippen molar-refractivity contribution in [2.75, 3.05) is 20.8 Å². The van der Waals surface area contributed by atoms with Crippen molar-refractivity contribution in [1.82, 2.24) is 0 Å². The van der Waals surface area contributed by atoms with Gasteiger partial charge in [0.1, 0.15) is 0 Å². The van der Waals surface area contributed by atoms with E-state index in [9.17, 15) is 9.18 Å². The first-order valence-corrected chi connectivity index (χ1v) is 4.02. The van der Waals surface area contributed by atoms with Gasteiger partial charge < -0.3 is 14.2 Å². The van der Waals surface area contributed by atoms with Crippen molar-refractivity contribution in [2.24, 2.45) is 0 Å². The van der Waals surface area contributed by atoms with E-state index in [2.05, 4.69) is 4.74 Å². The summed E-state index contributed by atoms with van der Waals surface area (Å²) >= 11 is 0. The summed E-state index contributed by atoms with van der Waals surface area (Å²) in [5, 5.41) is 0. The lowest BCUT2D eigenvalue weighted by Crippen LogP contribution is -2.26. The zero-order valence-electron chi connectivity index (χ0n) is 8.08. The molecule has 13 heavy (non-hydrogen) atoms. The molecule has 0 fully saturated rings. The van der Waals surface area contributed by atoms with E-state index in [1.54, 1.807) is 6.92 Å². The molecule has 1 unspecified atom stereocenters. The Morgan fingerprint density at radius 1 is 1.38 bits per heavy atom. The Balaban J connectivity index is 3.82. The summed E-state index contributed by atoms with van der Waals surface area (Å²) in [5.74, 6) is -0.874. The van der Waals surface area contributed by atoms with Crippen LogP contribution in [0.15, 0.2) is 0 Å². The molecular weight excluding hydrogens is 179 g/mol. The van der Waals surface area contributed by atoms with Crippen LogP contribution < -0.4 is 0 Å². The lowest BCUT2D eigenvalue weighted by atomic mass is 10.3.